The van der Waals surface area contributed by atoms with Crippen molar-refractivity contribution in [1.29, 1.82) is 0 Å². The van der Waals surface area contributed by atoms with E-state index in [0.717, 1.165) is 54.6 Å². The normalized spacial score (nSPS) is 14.9. The number of alkyl carbamates (subject to hydrolysis) is 1. The van der Waals surface area contributed by atoms with Gasteiger partial charge in [0.25, 0.3) is 0 Å². The third-order valence-corrected chi connectivity index (χ3v) is 8.04. The summed E-state index contributed by atoms with van der Waals surface area (Å²) in [6.45, 7) is 13.3. The molecular weight excluding hydrogens is 650 g/mol. The fraction of sp³-hybridized carbons (Fsp3) is 0.583. The molecule has 12 nitrogen and oxygen atoms in total. The Morgan fingerprint density at radius 2 is 1.47 bits per heavy atom. The minimum atomic E-state index is -0.522. The van der Waals surface area contributed by atoms with Crippen molar-refractivity contribution in [2.45, 2.75) is 39.2 Å². The zero-order chi connectivity index (χ0) is 35.1. The number of nitrogens with zero attached hydrogens (tertiary/aromatic N) is 4. The summed E-state index contributed by atoms with van der Waals surface area (Å²) in [5.74, 6) is 1.04. The smallest absolute Gasteiger partial charge is 0.407 e. The van der Waals surface area contributed by atoms with Crippen LogP contribution in [0.15, 0.2) is 47.5 Å². The van der Waals surface area contributed by atoms with Crippen molar-refractivity contribution >= 4 is 46.4 Å². The highest BCUT2D eigenvalue weighted by Crippen LogP contribution is 2.41. The number of carbonyl (C=O) groups is 2. The molecule has 0 spiro atoms. The Morgan fingerprint density at radius 3 is 2.14 bits per heavy atom. The molecule has 13 heteroatoms. The maximum atomic E-state index is 13.3. The minimum absolute atomic E-state index is 0.124. The van der Waals surface area contributed by atoms with Crippen molar-refractivity contribution in [3.63, 3.8) is 0 Å². The first-order chi connectivity index (χ1) is 23.6. The molecule has 0 aromatic heterocycles. The summed E-state index contributed by atoms with van der Waals surface area (Å²) in [6, 6.07) is 13.9. The Balaban J connectivity index is 1.11. The summed E-state index contributed by atoms with van der Waals surface area (Å²) in [5.41, 5.74) is 3.08. The number of ketones is 1. The first-order valence-corrected chi connectivity index (χ1v) is 17.5. The molecule has 49 heavy (non-hydrogen) atoms. The van der Waals surface area contributed by atoms with Gasteiger partial charge in [-0.3, -0.25) is 4.79 Å². The van der Waals surface area contributed by atoms with Gasteiger partial charge in [0.1, 0.15) is 11.4 Å². The molecule has 0 unspecified atom stereocenters. The summed E-state index contributed by atoms with van der Waals surface area (Å²) in [7, 11) is 2.14. The third kappa shape index (κ3) is 13.2. The summed E-state index contributed by atoms with van der Waals surface area (Å²) in [4.78, 5) is 36.7. The van der Waals surface area contributed by atoms with Gasteiger partial charge in [-0.05, 0) is 64.6 Å². The molecule has 1 saturated heterocycles. The van der Waals surface area contributed by atoms with Gasteiger partial charge in [0.2, 0.25) is 0 Å². The van der Waals surface area contributed by atoms with Gasteiger partial charge in [0.15, 0.2) is 5.78 Å². The number of halogens is 1. The van der Waals surface area contributed by atoms with Crippen LogP contribution in [0.25, 0.3) is 0 Å². The first kappa shape index (κ1) is 38.5. The van der Waals surface area contributed by atoms with Gasteiger partial charge in [0, 0.05) is 56.3 Å². The molecule has 2 aliphatic rings. The van der Waals surface area contributed by atoms with Crippen LogP contribution in [0.4, 0.5) is 21.9 Å². The quantitative estimate of drug-likeness (QED) is 0.212. The number of fused-ring (bicyclic) bond motifs is 2. The number of amidine groups is 1. The number of rotatable bonds is 18. The molecule has 1 fully saturated rings. The summed E-state index contributed by atoms with van der Waals surface area (Å²) in [5, 5.41) is 3.25. The Bertz CT molecular complexity index is 1380. The number of likely N-dealkylation sites (N-methyl/N-ethyl adjacent to an activating group) is 1. The number of hydrogen-bond acceptors (Lipinski definition) is 11. The van der Waals surface area contributed by atoms with Gasteiger partial charge in [-0.25, -0.2) is 9.79 Å². The van der Waals surface area contributed by atoms with Gasteiger partial charge in [-0.15, -0.1) is 0 Å². The van der Waals surface area contributed by atoms with Crippen molar-refractivity contribution in [2.24, 2.45) is 4.99 Å². The van der Waals surface area contributed by atoms with Gasteiger partial charge in [0.05, 0.1) is 69.9 Å². The second-order valence-electron chi connectivity index (χ2n) is 13.0. The zero-order valence-electron chi connectivity index (χ0n) is 29.4. The maximum Gasteiger partial charge on any atom is 0.407 e. The van der Waals surface area contributed by atoms with Gasteiger partial charge < -0.3 is 43.7 Å². The van der Waals surface area contributed by atoms with Crippen molar-refractivity contribution in [3.8, 4) is 0 Å². The minimum Gasteiger partial charge on any atom is -0.444 e. The third-order valence-electron chi connectivity index (χ3n) is 7.80. The summed E-state index contributed by atoms with van der Waals surface area (Å²) >= 11 is 6.42. The number of Topliss-reactive ketones (excluding diaryl/α,β-unsaturated/α-hetero) is 1. The molecule has 270 valence electrons. The van der Waals surface area contributed by atoms with Crippen LogP contribution >= 0.6 is 11.6 Å². The van der Waals surface area contributed by atoms with Crippen LogP contribution in [0.5, 0.6) is 0 Å². The fourth-order valence-corrected chi connectivity index (χ4v) is 5.54. The fourth-order valence-electron chi connectivity index (χ4n) is 5.37. The van der Waals surface area contributed by atoms with Crippen LogP contribution in [0.2, 0.25) is 5.02 Å². The standard InChI is InChI=1S/C36H52ClN5O7/c1-36(2,3)49-35(44)38-13-19-46-21-23-48-25-24-47-22-20-45-18-7-8-29(43)27-42-32-10-6-5-9-30(32)34(41-16-14-40(4)15-17-41)39-31-26-28(37)11-12-33(31)42/h5-6,9-12,26H,7-8,13-25,27H2,1-4H3,(H,38,44). The van der Waals surface area contributed by atoms with E-state index in [4.69, 9.17) is 40.3 Å². The van der Waals surface area contributed by atoms with Crippen molar-refractivity contribution < 1.29 is 33.3 Å². The molecule has 0 saturated carbocycles. The number of amides is 1. The SMILES string of the molecule is CN1CCN(C2=Nc3cc(Cl)ccc3N(CC(=O)CCCOCCOCCOCCOCCNC(=O)OC(C)(C)C)c3ccccc32)CC1. The van der Waals surface area contributed by atoms with E-state index in [1.165, 1.54) is 0 Å². The number of aliphatic imine (C=N–C) groups is 1. The second kappa shape index (κ2) is 19.8. The summed E-state index contributed by atoms with van der Waals surface area (Å²) in [6.07, 6.45) is 0.573. The first-order valence-electron chi connectivity index (χ1n) is 17.1. The molecule has 4 rings (SSSR count). The van der Waals surface area contributed by atoms with E-state index in [0.29, 0.717) is 77.3 Å². The monoisotopic (exact) mass is 701 g/mol. The van der Waals surface area contributed by atoms with Crippen LogP contribution in [-0.2, 0) is 28.5 Å². The Morgan fingerprint density at radius 1 is 0.837 bits per heavy atom. The van der Waals surface area contributed by atoms with Gasteiger partial charge in [-0.1, -0.05) is 23.7 Å². The molecular formula is C36H52ClN5O7. The number of hydrogen-bond donors (Lipinski definition) is 1. The maximum absolute atomic E-state index is 13.3. The lowest BCUT2D eigenvalue weighted by Gasteiger charge is -2.35. The molecule has 2 aliphatic heterocycles. The lowest BCUT2D eigenvalue weighted by molar-refractivity contribution is -0.118. The van der Waals surface area contributed by atoms with E-state index < -0.39 is 11.7 Å². The number of para-hydroxylation sites is 1. The number of benzene rings is 2. The number of nitrogens with one attached hydrogen (secondary N) is 1. The number of carbonyl (C=O) groups excluding carboxylic acids is 2. The van der Waals surface area contributed by atoms with Crippen LogP contribution in [0, 0.1) is 0 Å². The van der Waals surface area contributed by atoms with E-state index in [2.05, 4.69) is 39.2 Å². The number of piperazine rings is 1. The van der Waals surface area contributed by atoms with E-state index in [1.807, 2.05) is 51.1 Å². The lowest BCUT2D eigenvalue weighted by atomic mass is 10.1. The average molecular weight is 702 g/mol. The molecule has 2 aromatic rings. The molecule has 2 aromatic carbocycles. The highest BCUT2D eigenvalue weighted by molar-refractivity contribution is 6.31. The lowest BCUT2D eigenvalue weighted by Crippen LogP contribution is -2.47. The predicted molar refractivity (Wildman–Crippen MR) is 192 cm³/mol. The van der Waals surface area contributed by atoms with Gasteiger partial charge in [-0.2, -0.15) is 0 Å². The van der Waals surface area contributed by atoms with E-state index in [-0.39, 0.29) is 12.3 Å². The predicted octanol–water partition coefficient (Wildman–Crippen LogP) is 5.06. The average Bonchev–Trinajstić information content (AvgIpc) is 3.18. The number of ether oxygens (including phenoxy) is 5. The molecule has 1 amide bonds. The topological polar surface area (TPSA) is 114 Å². The van der Waals surface area contributed by atoms with Crippen molar-refractivity contribution in [2.75, 3.05) is 104 Å². The van der Waals surface area contributed by atoms with Crippen molar-refractivity contribution in [1.82, 2.24) is 15.1 Å². The molecule has 0 aliphatic carbocycles. The largest absolute Gasteiger partial charge is 0.444 e. The Labute approximate surface area is 295 Å². The van der Waals surface area contributed by atoms with Crippen LogP contribution in [-0.4, -0.2) is 132 Å². The molecule has 2 heterocycles. The molecule has 1 N–H and O–H groups in total. The molecule has 0 atom stereocenters. The van der Waals surface area contributed by atoms with Gasteiger partial charge >= 0.3 is 6.09 Å². The van der Waals surface area contributed by atoms with E-state index in [1.54, 1.807) is 0 Å². The van der Waals surface area contributed by atoms with E-state index >= 15 is 0 Å². The van der Waals surface area contributed by atoms with Crippen molar-refractivity contribution in [3.05, 3.63) is 53.1 Å². The van der Waals surface area contributed by atoms with Crippen LogP contribution < -0.4 is 10.2 Å². The molecule has 0 radical (unpaired) electrons. The second-order valence-corrected chi connectivity index (χ2v) is 13.4. The Hall–Kier alpha value is -3.26. The van der Waals surface area contributed by atoms with Crippen LogP contribution in [0.1, 0.15) is 39.2 Å². The highest BCUT2D eigenvalue weighted by Gasteiger charge is 2.28. The Kier molecular flexibility index (Phi) is 15.6. The summed E-state index contributed by atoms with van der Waals surface area (Å²) < 4.78 is 27.4. The number of anilines is 2. The van der Waals surface area contributed by atoms with E-state index in [9.17, 15) is 9.59 Å². The highest BCUT2D eigenvalue weighted by atomic mass is 35.5. The molecule has 0 bridgehead atoms. The zero-order valence-corrected chi connectivity index (χ0v) is 30.1. The van der Waals surface area contributed by atoms with Crippen LogP contribution in [0.3, 0.4) is 0 Å².